The zero-order valence-electron chi connectivity index (χ0n) is 10.0. The number of furan rings is 1. The van der Waals surface area contributed by atoms with Crippen LogP contribution in [0.2, 0.25) is 0 Å². The van der Waals surface area contributed by atoms with Gasteiger partial charge in [0, 0.05) is 5.56 Å². The highest BCUT2D eigenvalue weighted by Crippen LogP contribution is 2.27. The van der Waals surface area contributed by atoms with Crippen LogP contribution in [0.15, 0.2) is 45.7 Å². The van der Waals surface area contributed by atoms with Gasteiger partial charge in [0.05, 0.1) is 19.4 Å². The van der Waals surface area contributed by atoms with Crippen LogP contribution in [0.1, 0.15) is 17.2 Å². The summed E-state index contributed by atoms with van der Waals surface area (Å²) in [5.74, 6) is 6.45. The van der Waals surface area contributed by atoms with Crippen LogP contribution in [0.4, 0.5) is 0 Å². The zero-order valence-corrected chi connectivity index (χ0v) is 11.6. The summed E-state index contributed by atoms with van der Waals surface area (Å²) in [6, 6.07) is 9.81. The van der Waals surface area contributed by atoms with E-state index in [1.54, 1.807) is 13.4 Å². The van der Waals surface area contributed by atoms with Crippen molar-refractivity contribution in [2.75, 3.05) is 7.11 Å². The Morgan fingerprint density at radius 2 is 2.28 bits per heavy atom. The van der Waals surface area contributed by atoms with Crippen molar-refractivity contribution in [3.8, 4) is 5.75 Å². The van der Waals surface area contributed by atoms with E-state index in [0.29, 0.717) is 4.67 Å². The van der Waals surface area contributed by atoms with Crippen molar-refractivity contribution >= 4 is 15.9 Å². The molecule has 5 heteroatoms. The largest absolute Gasteiger partial charge is 0.497 e. The van der Waals surface area contributed by atoms with Crippen molar-refractivity contribution in [2.45, 2.75) is 12.5 Å². The first-order valence-electron chi connectivity index (χ1n) is 5.56. The fourth-order valence-corrected chi connectivity index (χ4v) is 2.36. The Labute approximate surface area is 114 Å². The van der Waals surface area contributed by atoms with Crippen LogP contribution in [-0.4, -0.2) is 7.11 Å². The second-order valence-electron chi connectivity index (χ2n) is 3.92. The number of ether oxygens (including phenoxy) is 1. The number of benzene rings is 1. The summed E-state index contributed by atoms with van der Waals surface area (Å²) in [7, 11) is 1.66. The van der Waals surface area contributed by atoms with Crippen LogP contribution in [0.3, 0.4) is 0 Å². The second-order valence-corrected chi connectivity index (χ2v) is 4.64. The lowest BCUT2D eigenvalue weighted by molar-refractivity contribution is 0.413. The maximum atomic E-state index is 5.61. The number of rotatable bonds is 5. The molecular weight excluding hydrogens is 296 g/mol. The summed E-state index contributed by atoms with van der Waals surface area (Å²) in [5.41, 5.74) is 4.94. The van der Waals surface area contributed by atoms with Crippen LogP contribution in [0.5, 0.6) is 5.75 Å². The number of hydrazine groups is 1. The first-order valence-corrected chi connectivity index (χ1v) is 6.36. The fraction of sp³-hybridized carbons (Fsp3) is 0.231. The first kappa shape index (κ1) is 13.1. The predicted octanol–water partition coefficient (Wildman–Crippen LogP) is 2.80. The number of nitrogens with one attached hydrogen (secondary N) is 1. The zero-order chi connectivity index (χ0) is 13.0. The van der Waals surface area contributed by atoms with E-state index in [-0.39, 0.29) is 6.04 Å². The van der Waals surface area contributed by atoms with E-state index in [1.165, 1.54) is 0 Å². The number of halogens is 1. The van der Waals surface area contributed by atoms with E-state index < -0.39 is 0 Å². The Hall–Kier alpha value is -1.30. The second kappa shape index (κ2) is 6.04. The minimum atomic E-state index is -0.00905. The molecule has 18 heavy (non-hydrogen) atoms. The average Bonchev–Trinajstić information content (AvgIpc) is 2.82. The molecule has 2 rings (SSSR count). The molecule has 96 valence electrons. The van der Waals surface area contributed by atoms with Gasteiger partial charge in [-0.05, 0) is 46.1 Å². The van der Waals surface area contributed by atoms with Crippen molar-refractivity contribution in [2.24, 2.45) is 5.84 Å². The monoisotopic (exact) mass is 310 g/mol. The third-order valence-electron chi connectivity index (χ3n) is 2.80. The van der Waals surface area contributed by atoms with Crippen molar-refractivity contribution < 1.29 is 9.15 Å². The third kappa shape index (κ3) is 2.93. The molecule has 0 spiro atoms. The van der Waals surface area contributed by atoms with Gasteiger partial charge in [-0.25, -0.2) is 0 Å². The molecule has 1 aromatic carbocycles. The summed E-state index contributed by atoms with van der Waals surface area (Å²) in [4.78, 5) is 0. The van der Waals surface area contributed by atoms with E-state index in [2.05, 4.69) is 21.4 Å². The van der Waals surface area contributed by atoms with E-state index in [9.17, 15) is 0 Å². The lowest BCUT2D eigenvalue weighted by Crippen LogP contribution is -2.29. The molecule has 2 aromatic rings. The first-order chi connectivity index (χ1) is 8.74. The van der Waals surface area contributed by atoms with Gasteiger partial charge in [-0.2, -0.15) is 0 Å². The lowest BCUT2D eigenvalue weighted by atomic mass is 10.0. The van der Waals surface area contributed by atoms with Crippen LogP contribution in [0.25, 0.3) is 0 Å². The van der Waals surface area contributed by atoms with Gasteiger partial charge in [0.1, 0.15) is 5.75 Å². The van der Waals surface area contributed by atoms with Gasteiger partial charge in [0.2, 0.25) is 0 Å². The molecule has 0 fully saturated rings. The molecule has 0 aliphatic rings. The van der Waals surface area contributed by atoms with E-state index >= 15 is 0 Å². The standard InChI is InChI=1S/C13H15BrN2O2/c1-17-10-4-2-3-9(7-10)8-12(16-15)11-5-6-18-13(11)14/h2-7,12,16H,8,15H2,1H3. The molecule has 0 saturated carbocycles. The smallest absolute Gasteiger partial charge is 0.173 e. The quantitative estimate of drug-likeness (QED) is 0.658. The van der Waals surface area contributed by atoms with Gasteiger partial charge in [-0.3, -0.25) is 11.3 Å². The van der Waals surface area contributed by atoms with E-state index in [1.807, 2.05) is 30.3 Å². The SMILES string of the molecule is COc1cccc(CC(NN)c2ccoc2Br)c1. The number of nitrogens with two attached hydrogens (primary N) is 1. The number of methoxy groups -OCH3 is 1. The Balaban J connectivity index is 2.18. The maximum absolute atomic E-state index is 5.61. The van der Waals surface area contributed by atoms with Crippen molar-refractivity contribution in [3.63, 3.8) is 0 Å². The summed E-state index contributed by atoms with van der Waals surface area (Å²) in [5, 5.41) is 0. The van der Waals surface area contributed by atoms with Crippen molar-refractivity contribution in [3.05, 3.63) is 52.4 Å². The minimum absolute atomic E-state index is 0.00905. The summed E-state index contributed by atoms with van der Waals surface area (Å²) >= 11 is 3.36. The van der Waals surface area contributed by atoms with Gasteiger partial charge in [0.15, 0.2) is 4.67 Å². The molecule has 1 unspecified atom stereocenters. The number of hydrogen-bond acceptors (Lipinski definition) is 4. The molecule has 1 heterocycles. The highest BCUT2D eigenvalue weighted by atomic mass is 79.9. The van der Waals surface area contributed by atoms with Gasteiger partial charge in [-0.15, -0.1) is 0 Å². The van der Waals surface area contributed by atoms with E-state index in [4.69, 9.17) is 15.0 Å². The predicted molar refractivity (Wildman–Crippen MR) is 73.2 cm³/mol. The maximum Gasteiger partial charge on any atom is 0.173 e. The lowest BCUT2D eigenvalue weighted by Gasteiger charge is -2.15. The van der Waals surface area contributed by atoms with E-state index in [0.717, 1.165) is 23.3 Å². The van der Waals surface area contributed by atoms with Gasteiger partial charge in [0.25, 0.3) is 0 Å². The van der Waals surface area contributed by atoms with Crippen LogP contribution in [0, 0.1) is 0 Å². The average molecular weight is 311 g/mol. The Morgan fingerprint density at radius 1 is 1.44 bits per heavy atom. The van der Waals surface area contributed by atoms with Gasteiger partial charge in [-0.1, -0.05) is 12.1 Å². The van der Waals surface area contributed by atoms with Crippen molar-refractivity contribution in [1.82, 2.24) is 5.43 Å². The van der Waals surface area contributed by atoms with Crippen LogP contribution in [-0.2, 0) is 6.42 Å². The molecule has 3 N–H and O–H groups in total. The van der Waals surface area contributed by atoms with Gasteiger partial charge < -0.3 is 9.15 Å². The third-order valence-corrected chi connectivity index (χ3v) is 3.44. The molecule has 0 aliphatic heterocycles. The summed E-state index contributed by atoms with van der Waals surface area (Å²) in [6.45, 7) is 0. The molecular formula is C13H15BrN2O2. The summed E-state index contributed by atoms with van der Waals surface area (Å²) in [6.07, 6.45) is 2.39. The summed E-state index contributed by atoms with van der Waals surface area (Å²) < 4.78 is 11.1. The van der Waals surface area contributed by atoms with Crippen molar-refractivity contribution in [1.29, 1.82) is 0 Å². The molecule has 0 radical (unpaired) electrons. The fourth-order valence-electron chi connectivity index (χ4n) is 1.85. The van der Waals surface area contributed by atoms with Gasteiger partial charge >= 0.3 is 0 Å². The molecule has 0 saturated heterocycles. The minimum Gasteiger partial charge on any atom is -0.497 e. The Kier molecular flexibility index (Phi) is 4.41. The highest BCUT2D eigenvalue weighted by molar-refractivity contribution is 9.10. The Morgan fingerprint density at radius 3 is 2.89 bits per heavy atom. The topological polar surface area (TPSA) is 60.4 Å². The molecule has 1 atom stereocenters. The molecule has 0 amide bonds. The molecule has 4 nitrogen and oxygen atoms in total. The Bertz CT molecular complexity index is 513. The molecule has 1 aromatic heterocycles. The number of hydrogen-bond donors (Lipinski definition) is 2. The molecule has 0 aliphatic carbocycles. The molecule has 0 bridgehead atoms. The van der Waals surface area contributed by atoms with Crippen LogP contribution < -0.4 is 16.0 Å². The normalized spacial score (nSPS) is 12.4. The van der Waals surface area contributed by atoms with Crippen LogP contribution >= 0.6 is 15.9 Å². The highest BCUT2D eigenvalue weighted by Gasteiger charge is 2.16.